The summed E-state index contributed by atoms with van der Waals surface area (Å²) in [5.74, 6) is 1.27. The van der Waals surface area contributed by atoms with E-state index in [-0.39, 0.29) is 12.0 Å². The highest BCUT2D eigenvalue weighted by Gasteiger charge is 2.25. The number of hydrogen-bond donors (Lipinski definition) is 2. The Bertz CT molecular complexity index is 1360. The van der Waals surface area contributed by atoms with Gasteiger partial charge in [0.15, 0.2) is 17.1 Å². The Balaban J connectivity index is 1.58. The van der Waals surface area contributed by atoms with Crippen molar-refractivity contribution in [3.8, 4) is 11.5 Å². The molecule has 3 N–H and O–H groups in total. The van der Waals surface area contributed by atoms with E-state index in [1.54, 1.807) is 14.2 Å². The van der Waals surface area contributed by atoms with E-state index in [1.807, 2.05) is 47.0 Å². The second-order valence-corrected chi connectivity index (χ2v) is 8.27. The second kappa shape index (κ2) is 9.18. The minimum atomic E-state index is -0.284. The van der Waals surface area contributed by atoms with Crippen LogP contribution in [-0.2, 0) is 11.3 Å². The van der Waals surface area contributed by atoms with Crippen LogP contribution in [0, 0.1) is 0 Å². The highest BCUT2D eigenvalue weighted by atomic mass is 16.5. The molecule has 1 atom stereocenters. The van der Waals surface area contributed by atoms with Gasteiger partial charge < -0.3 is 29.8 Å². The van der Waals surface area contributed by atoms with Crippen molar-refractivity contribution < 1.29 is 19.0 Å². The summed E-state index contributed by atoms with van der Waals surface area (Å²) >= 11 is 0. The Morgan fingerprint density at radius 3 is 2.62 bits per heavy atom. The van der Waals surface area contributed by atoms with Gasteiger partial charge in [-0.05, 0) is 42.7 Å². The number of para-hydroxylation sites is 2. The van der Waals surface area contributed by atoms with Crippen molar-refractivity contribution >= 4 is 33.9 Å². The molecule has 34 heavy (non-hydrogen) atoms. The SMILES string of the molecule is COc1ccc(Cn2c(N)c(C(=O)NC[C@H]3CCCO3)c3nc4ccccc4nc32)cc1OC. The normalized spacial score (nSPS) is 15.6. The molecule has 0 bridgehead atoms. The number of nitrogens with two attached hydrogens (primary N) is 1. The summed E-state index contributed by atoms with van der Waals surface area (Å²) in [6.45, 7) is 1.54. The van der Waals surface area contributed by atoms with Crippen molar-refractivity contribution in [1.82, 2.24) is 19.9 Å². The number of hydrogen-bond acceptors (Lipinski definition) is 7. The molecule has 3 heterocycles. The van der Waals surface area contributed by atoms with E-state index < -0.39 is 0 Å². The highest BCUT2D eigenvalue weighted by molar-refractivity contribution is 6.10. The molecule has 1 fully saturated rings. The lowest BCUT2D eigenvalue weighted by Crippen LogP contribution is -2.32. The van der Waals surface area contributed by atoms with Gasteiger partial charge in [0.2, 0.25) is 0 Å². The third kappa shape index (κ3) is 3.99. The van der Waals surface area contributed by atoms with Gasteiger partial charge >= 0.3 is 0 Å². The Morgan fingerprint density at radius 1 is 1.15 bits per heavy atom. The van der Waals surface area contributed by atoms with E-state index in [9.17, 15) is 4.79 Å². The van der Waals surface area contributed by atoms with Crippen LogP contribution >= 0.6 is 0 Å². The van der Waals surface area contributed by atoms with Gasteiger partial charge in [0.1, 0.15) is 16.9 Å². The number of anilines is 1. The number of nitrogens with zero attached hydrogens (tertiary/aromatic N) is 3. The van der Waals surface area contributed by atoms with Gasteiger partial charge in [-0.1, -0.05) is 18.2 Å². The van der Waals surface area contributed by atoms with Gasteiger partial charge in [0.05, 0.1) is 37.9 Å². The quantitative estimate of drug-likeness (QED) is 0.435. The number of carbonyl (C=O) groups excluding carboxylic acids is 1. The minimum Gasteiger partial charge on any atom is -0.493 e. The summed E-state index contributed by atoms with van der Waals surface area (Å²) in [5, 5.41) is 2.97. The molecule has 1 saturated heterocycles. The molecular formula is C25H27N5O4. The summed E-state index contributed by atoms with van der Waals surface area (Å²) in [7, 11) is 3.19. The standard InChI is InChI=1S/C25H27N5O4/c1-32-19-10-9-15(12-20(19)33-2)14-30-23(26)21(25(31)27-13-16-6-5-11-34-16)22-24(30)29-18-8-4-3-7-17(18)28-22/h3-4,7-10,12,16H,5-6,11,13-14,26H2,1-2H3,(H,27,31)/t16-/m1/s1. The third-order valence-electron chi connectivity index (χ3n) is 6.12. The van der Waals surface area contributed by atoms with Crippen LogP contribution in [0.2, 0.25) is 0 Å². The molecule has 0 saturated carbocycles. The van der Waals surface area contributed by atoms with Crippen LogP contribution in [0.25, 0.3) is 22.2 Å². The number of aromatic nitrogens is 3. The predicted molar refractivity (Wildman–Crippen MR) is 129 cm³/mol. The first kappa shape index (κ1) is 22.0. The van der Waals surface area contributed by atoms with Crippen molar-refractivity contribution in [3.05, 3.63) is 53.6 Å². The number of nitrogen functional groups attached to an aromatic ring is 1. The lowest BCUT2D eigenvalue weighted by Gasteiger charge is -2.12. The molecule has 9 nitrogen and oxygen atoms in total. The zero-order chi connectivity index (χ0) is 23.7. The van der Waals surface area contributed by atoms with Gasteiger partial charge in [-0.2, -0.15) is 0 Å². The van der Waals surface area contributed by atoms with Crippen LogP contribution in [0.4, 0.5) is 5.82 Å². The molecule has 1 amide bonds. The number of amides is 1. The van der Waals surface area contributed by atoms with Crippen LogP contribution in [0.15, 0.2) is 42.5 Å². The van der Waals surface area contributed by atoms with E-state index in [0.29, 0.717) is 52.7 Å². The molecule has 5 rings (SSSR count). The van der Waals surface area contributed by atoms with Gasteiger partial charge in [0, 0.05) is 13.2 Å². The topological polar surface area (TPSA) is 114 Å². The second-order valence-electron chi connectivity index (χ2n) is 8.27. The number of benzene rings is 2. The molecule has 0 aliphatic carbocycles. The number of carbonyl (C=O) groups is 1. The fourth-order valence-electron chi connectivity index (χ4n) is 4.36. The van der Waals surface area contributed by atoms with E-state index in [1.165, 1.54) is 0 Å². The molecule has 9 heteroatoms. The molecule has 2 aromatic heterocycles. The van der Waals surface area contributed by atoms with Crippen LogP contribution in [0.5, 0.6) is 11.5 Å². The Hall–Kier alpha value is -3.85. The smallest absolute Gasteiger partial charge is 0.257 e. The maximum Gasteiger partial charge on any atom is 0.257 e. The average molecular weight is 462 g/mol. The van der Waals surface area contributed by atoms with Crippen molar-refractivity contribution in [3.63, 3.8) is 0 Å². The molecule has 0 spiro atoms. The zero-order valence-corrected chi connectivity index (χ0v) is 19.2. The van der Waals surface area contributed by atoms with E-state index >= 15 is 0 Å². The number of ether oxygens (including phenoxy) is 3. The molecule has 4 aromatic rings. The average Bonchev–Trinajstić information content (AvgIpc) is 3.47. The molecular weight excluding hydrogens is 434 g/mol. The number of fused-ring (bicyclic) bond motifs is 2. The molecule has 1 aliphatic heterocycles. The Kier molecular flexibility index (Phi) is 5.93. The summed E-state index contributed by atoms with van der Waals surface area (Å²) < 4.78 is 18.2. The molecule has 0 radical (unpaired) electrons. The van der Waals surface area contributed by atoms with Gasteiger partial charge in [-0.15, -0.1) is 0 Å². The van der Waals surface area contributed by atoms with Crippen molar-refractivity contribution in [1.29, 1.82) is 0 Å². The van der Waals surface area contributed by atoms with Crippen LogP contribution in [-0.4, -0.2) is 53.9 Å². The fraction of sp³-hybridized carbons (Fsp3) is 0.320. The summed E-state index contributed by atoms with van der Waals surface area (Å²) in [5.41, 5.74) is 10.3. The van der Waals surface area contributed by atoms with E-state index in [0.717, 1.165) is 30.5 Å². The van der Waals surface area contributed by atoms with E-state index in [2.05, 4.69) is 5.32 Å². The van der Waals surface area contributed by atoms with Gasteiger partial charge in [0.25, 0.3) is 5.91 Å². The third-order valence-corrected chi connectivity index (χ3v) is 6.12. The predicted octanol–water partition coefficient (Wildman–Crippen LogP) is 3.14. The van der Waals surface area contributed by atoms with Crippen LogP contribution < -0.4 is 20.5 Å². The number of rotatable bonds is 7. The fourth-order valence-corrected chi connectivity index (χ4v) is 4.36. The molecule has 2 aromatic carbocycles. The maximum atomic E-state index is 13.3. The number of nitrogens with one attached hydrogen (secondary N) is 1. The van der Waals surface area contributed by atoms with E-state index in [4.69, 9.17) is 29.9 Å². The minimum absolute atomic E-state index is 0.0252. The highest BCUT2D eigenvalue weighted by Crippen LogP contribution is 2.31. The van der Waals surface area contributed by atoms with Crippen molar-refractivity contribution in [2.45, 2.75) is 25.5 Å². The Morgan fingerprint density at radius 2 is 1.91 bits per heavy atom. The van der Waals surface area contributed by atoms with Gasteiger partial charge in [-0.25, -0.2) is 9.97 Å². The molecule has 0 unspecified atom stereocenters. The largest absolute Gasteiger partial charge is 0.493 e. The summed E-state index contributed by atoms with van der Waals surface area (Å²) in [4.78, 5) is 22.8. The first-order valence-corrected chi connectivity index (χ1v) is 11.2. The van der Waals surface area contributed by atoms with Crippen LogP contribution in [0.3, 0.4) is 0 Å². The van der Waals surface area contributed by atoms with Crippen molar-refractivity contribution in [2.75, 3.05) is 33.1 Å². The van der Waals surface area contributed by atoms with Crippen molar-refractivity contribution in [2.24, 2.45) is 0 Å². The first-order chi connectivity index (χ1) is 16.6. The molecule has 1 aliphatic rings. The lowest BCUT2D eigenvalue weighted by atomic mass is 10.2. The molecule has 176 valence electrons. The van der Waals surface area contributed by atoms with Gasteiger partial charge in [-0.3, -0.25) is 4.79 Å². The van der Waals surface area contributed by atoms with Crippen LogP contribution in [0.1, 0.15) is 28.8 Å². The maximum absolute atomic E-state index is 13.3. The zero-order valence-electron chi connectivity index (χ0n) is 19.2. The first-order valence-electron chi connectivity index (χ1n) is 11.2. The monoisotopic (exact) mass is 461 g/mol. The lowest BCUT2D eigenvalue weighted by molar-refractivity contribution is 0.0859. The number of methoxy groups -OCH3 is 2. The Labute approximate surface area is 196 Å². The summed E-state index contributed by atoms with van der Waals surface area (Å²) in [6, 6.07) is 13.2. The summed E-state index contributed by atoms with van der Waals surface area (Å²) in [6.07, 6.45) is 1.96.